The lowest BCUT2D eigenvalue weighted by Crippen LogP contribution is -2.34. The molecule has 1 N–H and O–H groups in total. The van der Waals surface area contributed by atoms with E-state index in [9.17, 15) is 4.79 Å². The van der Waals surface area contributed by atoms with Gasteiger partial charge in [-0.1, -0.05) is 43.5 Å². The van der Waals surface area contributed by atoms with Gasteiger partial charge >= 0.3 is 0 Å². The Bertz CT molecular complexity index is 688. The van der Waals surface area contributed by atoms with Crippen molar-refractivity contribution >= 4 is 5.91 Å². The van der Waals surface area contributed by atoms with Crippen molar-refractivity contribution in [2.45, 2.75) is 50.9 Å². The van der Waals surface area contributed by atoms with Crippen LogP contribution >= 0.6 is 0 Å². The van der Waals surface area contributed by atoms with Gasteiger partial charge in [-0.2, -0.15) is 5.10 Å². The molecular formula is C20H25N3O. The molecule has 4 heteroatoms. The van der Waals surface area contributed by atoms with Crippen molar-refractivity contribution in [3.05, 3.63) is 52.8 Å². The number of nitrogens with one attached hydrogen (secondary N) is 1. The van der Waals surface area contributed by atoms with Crippen molar-refractivity contribution in [1.82, 2.24) is 15.1 Å². The zero-order valence-electron chi connectivity index (χ0n) is 14.1. The minimum atomic E-state index is 0.150. The third-order valence-electron chi connectivity index (χ3n) is 5.62. The van der Waals surface area contributed by atoms with E-state index in [0.29, 0.717) is 5.92 Å². The summed E-state index contributed by atoms with van der Waals surface area (Å²) in [7, 11) is 0. The summed E-state index contributed by atoms with van der Waals surface area (Å²) in [6.07, 6.45) is 9.81. The van der Waals surface area contributed by atoms with Crippen LogP contribution < -0.4 is 0 Å². The molecule has 24 heavy (non-hydrogen) atoms. The molecule has 2 aromatic rings. The van der Waals surface area contributed by atoms with Gasteiger partial charge in [0, 0.05) is 19.0 Å². The summed E-state index contributed by atoms with van der Waals surface area (Å²) < 4.78 is 0. The van der Waals surface area contributed by atoms with Crippen molar-refractivity contribution < 1.29 is 4.79 Å². The largest absolute Gasteiger partial charge is 0.338 e. The van der Waals surface area contributed by atoms with E-state index in [1.807, 2.05) is 4.90 Å². The third-order valence-corrected chi connectivity index (χ3v) is 5.62. The Labute approximate surface area is 143 Å². The fourth-order valence-electron chi connectivity index (χ4n) is 4.21. The molecular weight excluding hydrogens is 298 g/mol. The zero-order chi connectivity index (χ0) is 16.4. The van der Waals surface area contributed by atoms with E-state index in [1.165, 1.54) is 43.2 Å². The van der Waals surface area contributed by atoms with Crippen molar-refractivity contribution in [3.63, 3.8) is 0 Å². The molecule has 1 fully saturated rings. The molecule has 1 aliphatic carbocycles. The maximum atomic E-state index is 13.1. The van der Waals surface area contributed by atoms with Crippen LogP contribution in [0.5, 0.6) is 0 Å². The first kappa shape index (κ1) is 15.4. The third kappa shape index (κ3) is 2.97. The fraction of sp³-hybridized carbons (Fsp3) is 0.500. The highest BCUT2D eigenvalue weighted by molar-refractivity contribution is 5.95. The molecule has 126 valence electrons. The molecule has 1 amide bonds. The molecule has 0 unspecified atom stereocenters. The number of amides is 1. The van der Waals surface area contributed by atoms with E-state index >= 15 is 0 Å². The number of rotatable bonds is 2. The topological polar surface area (TPSA) is 49.0 Å². The highest BCUT2D eigenvalue weighted by Gasteiger charge is 2.27. The number of nitrogens with zero attached hydrogens (tertiary/aromatic N) is 2. The number of fused-ring (bicyclic) bond motifs is 1. The van der Waals surface area contributed by atoms with Crippen LogP contribution in [0.1, 0.15) is 65.2 Å². The lowest BCUT2D eigenvalue weighted by atomic mass is 9.85. The molecule has 1 saturated carbocycles. The Balaban J connectivity index is 1.52. The van der Waals surface area contributed by atoms with Crippen LogP contribution in [0.15, 0.2) is 30.5 Å². The number of hydrogen-bond acceptors (Lipinski definition) is 2. The van der Waals surface area contributed by atoms with Crippen LogP contribution in [-0.2, 0) is 12.8 Å². The Kier molecular flexibility index (Phi) is 4.37. The molecule has 1 aliphatic heterocycles. The summed E-state index contributed by atoms with van der Waals surface area (Å²) in [5.41, 5.74) is 4.63. The van der Waals surface area contributed by atoms with Gasteiger partial charge in [-0.05, 0) is 36.8 Å². The molecule has 0 saturated heterocycles. The summed E-state index contributed by atoms with van der Waals surface area (Å²) in [5, 5.41) is 7.33. The number of benzene rings is 1. The summed E-state index contributed by atoms with van der Waals surface area (Å²) in [4.78, 5) is 15.1. The van der Waals surface area contributed by atoms with E-state index in [-0.39, 0.29) is 5.91 Å². The smallest absolute Gasteiger partial charge is 0.257 e. The van der Waals surface area contributed by atoms with Crippen LogP contribution in [-0.4, -0.2) is 34.1 Å². The van der Waals surface area contributed by atoms with Crippen molar-refractivity contribution in [1.29, 1.82) is 0 Å². The van der Waals surface area contributed by atoms with Gasteiger partial charge in [-0.3, -0.25) is 9.89 Å². The number of aromatic amines is 1. The molecule has 1 aromatic carbocycles. The van der Waals surface area contributed by atoms with E-state index < -0.39 is 0 Å². The average molecular weight is 323 g/mol. The number of hydrogen-bond donors (Lipinski definition) is 1. The number of H-pyrrole nitrogens is 1. The Morgan fingerprint density at radius 3 is 2.38 bits per heavy atom. The first-order valence-electron chi connectivity index (χ1n) is 9.22. The Morgan fingerprint density at radius 1 is 1.04 bits per heavy atom. The predicted molar refractivity (Wildman–Crippen MR) is 94.2 cm³/mol. The standard InChI is InChI=1S/C20H25N3O/c24-20(18-14-21-22-19(18)17-8-2-1-3-9-17)23-12-10-15-6-4-5-7-16(15)11-13-23/h4-7,14,17H,1-3,8-13H2,(H,21,22). The highest BCUT2D eigenvalue weighted by atomic mass is 16.2. The van der Waals surface area contributed by atoms with Crippen molar-refractivity contribution in [2.24, 2.45) is 0 Å². The molecule has 0 radical (unpaired) electrons. The van der Waals surface area contributed by atoms with E-state index in [2.05, 4.69) is 34.5 Å². The van der Waals surface area contributed by atoms with Gasteiger partial charge in [0.25, 0.3) is 5.91 Å². The minimum Gasteiger partial charge on any atom is -0.338 e. The Hall–Kier alpha value is -2.10. The second kappa shape index (κ2) is 6.80. The van der Waals surface area contributed by atoms with Crippen LogP contribution in [0.25, 0.3) is 0 Å². The summed E-state index contributed by atoms with van der Waals surface area (Å²) in [6.45, 7) is 1.59. The second-order valence-corrected chi connectivity index (χ2v) is 7.09. The first-order valence-corrected chi connectivity index (χ1v) is 9.22. The molecule has 4 rings (SSSR count). The zero-order valence-corrected chi connectivity index (χ0v) is 14.1. The van der Waals surface area contributed by atoms with Crippen LogP contribution in [0.2, 0.25) is 0 Å². The van der Waals surface area contributed by atoms with Gasteiger partial charge in [-0.25, -0.2) is 0 Å². The fourth-order valence-corrected chi connectivity index (χ4v) is 4.21. The van der Waals surface area contributed by atoms with Gasteiger partial charge < -0.3 is 4.90 Å². The molecule has 0 spiro atoms. The molecule has 4 nitrogen and oxygen atoms in total. The monoisotopic (exact) mass is 323 g/mol. The van der Waals surface area contributed by atoms with Gasteiger partial charge in [0.15, 0.2) is 0 Å². The maximum absolute atomic E-state index is 13.1. The lowest BCUT2D eigenvalue weighted by Gasteiger charge is -2.24. The molecule has 2 aliphatic rings. The minimum absolute atomic E-state index is 0.150. The Morgan fingerprint density at radius 2 is 1.71 bits per heavy atom. The van der Waals surface area contributed by atoms with E-state index in [1.54, 1.807) is 6.20 Å². The number of carbonyl (C=O) groups excluding carboxylic acids is 1. The van der Waals surface area contributed by atoms with Crippen molar-refractivity contribution in [2.75, 3.05) is 13.1 Å². The predicted octanol–water partition coefficient (Wildman–Crippen LogP) is 3.70. The van der Waals surface area contributed by atoms with Gasteiger partial charge in [0.1, 0.15) is 0 Å². The van der Waals surface area contributed by atoms with Crippen molar-refractivity contribution in [3.8, 4) is 0 Å². The number of carbonyl (C=O) groups is 1. The quantitative estimate of drug-likeness (QED) is 0.916. The van der Waals surface area contributed by atoms with Gasteiger partial charge in [0.2, 0.25) is 0 Å². The van der Waals surface area contributed by atoms with Crippen LogP contribution in [0, 0.1) is 0 Å². The second-order valence-electron chi connectivity index (χ2n) is 7.09. The first-order chi connectivity index (χ1) is 11.8. The lowest BCUT2D eigenvalue weighted by molar-refractivity contribution is 0.0761. The SMILES string of the molecule is O=C(c1cn[nH]c1C1CCCCC1)N1CCc2ccccc2CC1. The van der Waals surface area contributed by atoms with Crippen LogP contribution in [0.4, 0.5) is 0 Å². The summed E-state index contributed by atoms with van der Waals surface area (Å²) >= 11 is 0. The highest BCUT2D eigenvalue weighted by Crippen LogP contribution is 2.33. The van der Waals surface area contributed by atoms with Gasteiger partial charge in [-0.15, -0.1) is 0 Å². The van der Waals surface area contributed by atoms with Gasteiger partial charge in [0.05, 0.1) is 17.5 Å². The molecule has 0 bridgehead atoms. The maximum Gasteiger partial charge on any atom is 0.257 e. The molecule has 2 heterocycles. The van der Waals surface area contributed by atoms with E-state index in [0.717, 1.165) is 37.2 Å². The molecule has 1 aromatic heterocycles. The average Bonchev–Trinajstić information content (AvgIpc) is 3.02. The normalized spacial score (nSPS) is 18.9. The summed E-state index contributed by atoms with van der Waals surface area (Å²) in [5.74, 6) is 0.626. The van der Waals surface area contributed by atoms with Crippen LogP contribution in [0.3, 0.4) is 0 Å². The summed E-state index contributed by atoms with van der Waals surface area (Å²) in [6, 6.07) is 8.56. The van der Waals surface area contributed by atoms with E-state index in [4.69, 9.17) is 0 Å². The molecule has 0 atom stereocenters. The number of aromatic nitrogens is 2.